The van der Waals surface area contributed by atoms with E-state index in [4.69, 9.17) is 4.52 Å². The van der Waals surface area contributed by atoms with Crippen LogP contribution in [0, 0.1) is 6.92 Å². The summed E-state index contributed by atoms with van der Waals surface area (Å²) in [5, 5.41) is 7.16. The van der Waals surface area contributed by atoms with Crippen molar-refractivity contribution in [2.45, 2.75) is 6.92 Å². The van der Waals surface area contributed by atoms with Crippen LogP contribution in [0.4, 0.5) is 0 Å². The maximum absolute atomic E-state index is 4.84. The highest BCUT2D eigenvalue weighted by atomic mass is 16.5. The van der Waals surface area contributed by atoms with Crippen LogP contribution in [0.15, 0.2) is 22.7 Å². The predicted octanol–water partition coefficient (Wildman–Crippen LogP) is 1.53. The van der Waals surface area contributed by atoms with Crippen LogP contribution in [0.3, 0.4) is 0 Å². The number of benzene rings is 1. The molecule has 1 heterocycles. The molecule has 0 saturated carbocycles. The molecular weight excluding hydrogens is 128 g/mol. The number of hydrogen-bond acceptors (Lipinski definition) is 3. The highest BCUT2D eigenvalue weighted by Gasteiger charge is 1.97. The lowest BCUT2D eigenvalue weighted by molar-refractivity contribution is 0.424. The fourth-order valence-corrected chi connectivity index (χ4v) is 0.885. The third kappa shape index (κ3) is 0.673. The van der Waals surface area contributed by atoms with Gasteiger partial charge < -0.3 is 4.52 Å². The summed E-state index contributed by atoms with van der Waals surface area (Å²) >= 11 is 0. The van der Waals surface area contributed by atoms with Crippen molar-refractivity contribution in [2.75, 3.05) is 0 Å². The molecule has 50 valence electrons. The van der Waals surface area contributed by atoms with Gasteiger partial charge in [0.05, 0.1) is 0 Å². The van der Waals surface area contributed by atoms with Crippen LogP contribution in [0.1, 0.15) is 5.56 Å². The molecule has 0 saturated heterocycles. The van der Waals surface area contributed by atoms with Crippen LogP contribution in [0.2, 0.25) is 0 Å². The summed E-state index contributed by atoms with van der Waals surface area (Å²) in [6.07, 6.45) is 0. The van der Waals surface area contributed by atoms with Crippen molar-refractivity contribution in [3.05, 3.63) is 23.8 Å². The molecule has 0 bridgehead atoms. The third-order valence-corrected chi connectivity index (χ3v) is 1.40. The van der Waals surface area contributed by atoms with Crippen molar-refractivity contribution in [1.29, 1.82) is 0 Å². The van der Waals surface area contributed by atoms with E-state index >= 15 is 0 Å². The van der Waals surface area contributed by atoms with E-state index in [1.807, 2.05) is 25.1 Å². The van der Waals surface area contributed by atoms with Gasteiger partial charge in [-0.05, 0) is 24.6 Å². The molecule has 0 aliphatic carbocycles. The first-order chi connectivity index (χ1) is 4.86. The molecule has 0 fully saturated rings. The molecule has 2 rings (SSSR count). The highest BCUT2D eigenvalue weighted by molar-refractivity contribution is 5.71. The molecule has 0 amide bonds. The summed E-state index contributed by atoms with van der Waals surface area (Å²) in [5.74, 6) is 0. The van der Waals surface area contributed by atoms with Gasteiger partial charge in [-0.3, -0.25) is 0 Å². The highest BCUT2D eigenvalue weighted by Crippen LogP contribution is 2.11. The fourth-order valence-electron chi connectivity index (χ4n) is 0.885. The van der Waals surface area contributed by atoms with Gasteiger partial charge in [-0.25, -0.2) is 0 Å². The van der Waals surface area contributed by atoms with E-state index in [1.165, 1.54) is 0 Å². The van der Waals surface area contributed by atoms with E-state index in [9.17, 15) is 0 Å². The van der Waals surface area contributed by atoms with Gasteiger partial charge in [0.2, 0.25) is 0 Å². The van der Waals surface area contributed by atoms with Crippen molar-refractivity contribution in [1.82, 2.24) is 10.4 Å². The molecule has 0 aliphatic heterocycles. The lowest BCUT2D eigenvalue weighted by atomic mass is 10.2. The zero-order chi connectivity index (χ0) is 6.97. The zero-order valence-corrected chi connectivity index (χ0v) is 5.53. The molecular formula is C7H6N2O. The standard InChI is InChI=1S/C7H6N2O/c1-5-2-3-6-7(4-5)10-9-8-6/h2-4H,1H3. The maximum Gasteiger partial charge on any atom is 0.187 e. The number of hydrogen-bond donors (Lipinski definition) is 0. The molecule has 1 aromatic heterocycles. The molecule has 0 unspecified atom stereocenters. The molecule has 2 aromatic rings. The van der Waals surface area contributed by atoms with E-state index in [0.717, 1.165) is 16.7 Å². The average Bonchev–Trinajstić information content (AvgIpc) is 2.33. The lowest BCUT2D eigenvalue weighted by Crippen LogP contribution is -1.70. The van der Waals surface area contributed by atoms with Gasteiger partial charge in [-0.1, -0.05) is 6.07 Å². The van der Waals surface area contributed by atoms with E-state index in [1.54, 1.807) is 0 Å². The Morgan fingerprint density at radius 1 is 1.40 bits per heavy atom. The Hall–Kier alpha value is -1.38. The van der Waals surface area contributed by atoms with Crippen molar-refractivity contribution in [3.63, 3.8) is 0 Å². The first-order valence-electron chi connectivity index (χ1n) is 3.05. The minimum Gasteiger partial charge on any atom is -0.337 e. The van der Waals surface area contributed by atoms with E-state index < -0.39 is 0 Å². The van der Waals surface area contributed by atoms with E-state index in [2.05, 4.69) is 10.4 Å². The summed E-state index contributed by atoms with van der Waals surface area (Å²) in [5.41, 5.74) is 2.72. The van der Waals surface area contributed by atoms with E-state index in [-0.39, 0.29) is 0 Å². The van der Waals surface area contributed by atoms with Gasteiger partial charge in [0, 0.05) is 5.27 Å². The lowest BCUT2D eigenvalue weighted by Gasteiger charge is -1.85. The second-order valence-corrected chi connectivity index (χ2v) is 2.24. The Kier molecular flexibility index (Phi) is 0.974. The number of rotatable bonds is 0. The molecule has 0 aliphatic rings. The summed E-state index contributed by atoms with van der Waals surface area (Å²) in [6.45, 7) is 2.00. The van der Waals surface area contributed by atoms with Crippen LogP contribution >= 0.6 is 0 Å². The molecule has 0 atom stereocenters. The molecule has 10 heavy (non-hydrogen) atoms. The fraction of sp³-hybridized carbons (Fsp3) is 0.143. The minimum atomic E-state index is 0.750. The Morgan fingerprint density at radius 3 is 3.20 bits per heavy atom. The average molecular weight is 134 g/mol. The Labute approximate surface area is 57.6 Å². The van der Waals surface area contributed by atoms with Crippen molar-refractivity contribution in [2.24, 2.45) is 0 Å². The summed E-state index contributed by atoms with van der Waals surface area (Å²) in [4.78, 5) is 0. The van der Waals surface area contributed by atoms with Gasteiger partial charge in [0.1, 0.15) is 5.52 Å². The minimum absolute atomic E-state index is 0.750. The molecule has 0 spiro atoms. The Balaban J connectivity index is 2.86. The number of fused-ring (bicyclic) bond motifs is 1. The van der Waals surface area contributed by atoms with Gasteiger partial charge in [0.25, 0.3) is 0 Å². The topological polar surface area (TPSA) is 38.9 Å². The first-order valence-corrected chi connectivity index (χ1v) is 3.05. The molecule has 1 aromatic carbocycles. The quantitative estimate of drug-likeness (QED) is 0.548. The summed E-state index contributed by atoms with van der Waals surface area (Å²) in [7, 11) is 0. The molecule has 3 heteroatoms. The van der Waals surface area contributed by atoms with E-state index in [0.29, 0.717) is 0 Å². The smallest absolute Gasteiger partial charge is 0.187 e. The number of nitrogens with zero attached hydrogens (tertiary/aromatic N) is 2. The summed E-state index contributed by atoms with van der Waals surface area (Å²) < 4.78 is 4.84. The monoisotopic (exact) mass is 134 g/mol. The van der Waals surface area contributed by atoms with Crippen LogP contribution in [-0.2, 0) is 0 Å². The molecule has 3 nitrogen and oxygen atoms in total. The van der Waals surface area contributed by atoms with Gasteiger partial charge in [0.15, 0.2) is 5.58 Å². The number of aryl methyl sites for hydroxylation is 1. The van der Waals surface area contributed by atoms with Crippen molar-refractivity contribution < 1.29 is 4.52 Å². The van der Waals surface area contributed by atoms with Crippen LogP contribution < -0.4 is 0 Å². The second-order valence-electron chi connectivity index (χ2n) is 2.24. The van der Waals surface area contributed by atoms with Crippen LogP contribution in [0.5, 0.6) is 0 Å². The molecule has 0 N–H and O–H groups in total. The van der Waals surface area contributed by atoms with Crippen molar-refractivity contribution >= 4 is 11.1 Å². The SMILES string of the molecule is Cc1ccc2nnoc2c1. The first kappa shape index (κ1) is 5.41. The second kappa shape index (κ2) is 1.80. The zero-order valence-electron chi connectivity index (χ0n) is 5.53. The third-order valence-electron chi connectivity index (χ3n) is 1.40. The predicted molar refractivity (Wildman–Crippen MR) is 36.5 cm³/mol. The summed E-state index contributed by atoms with van der Waals surface area (Å²) in [6, 6.07) is 5.78. The van der Waals surface area contributed by atoms with Crippen molar-refractivity contribution in [3.8, 4) is 0 Å². The Morgan fingerprint density at radius 2 is 2.30 bits per heavy atom. The van der Waals surface area contributed by atoms with Gasteiger partial charge >= 0.3 is 0 Å². The molecule has 0 radical (unpaired) electrons. The Bertz CT molecular complexity index is 353. The largest absolute Gasteiger partial charge is 0.337 e. The maximum atomic E-state index is 4.84. The van der Waals surface area contributed by atoms with Gasteiger partial charge in [-0.15, -0.1) is 5.10 Å². The van der Waals surface area contributed by atoms with Crippen LogP contribution in [0.25, 0.3) is 11.1 Å². The normalized spacial score (nSPS) is 10.5. The number of aromatic nitrogens is 2. The van der Waals surface area contributed by atoms with Gasteiger partial charge in [-0.2, -0.15) is 0 Å². The van der Waals surface area contributed by atoms with Crippen LogP contribution in [-0.4, -0.2) is 10.4 Å².